The Balaban J connectivity index is 1.77. The molecule has 7 heteroatoms. The molecule has 0 bridgehead atoms. The summed E-state index contributed by atoms with van der Waals surface area (Å²) in [7, 11) is 5.12. The number of para-hydroxylation sites is 2. The molecule has 0 spiro atoms. The zero-order valence-electron chi connectivity index (χ0n) is 14.9. The number of aryl methyl sites for hydroxylation is 1. The van der Waals surface area contributed by atoms with Crippen LogP contribution in [0.25, 0.3) is 11.0 Å². The number of amides is 2. The fourth-order valence-corrected chi connectivity index (χ4v) is 3.26. The van der Waals surface area contributed by atoms with Crippen LogP contribution in [0.5, 0.6) is 0 Å². The fourth-order valence-electron chi connectivity index (χ4n) is 3.26. The maximum atomic E-state index is 12.7. The normalized spacial score (nSPS) is 18.4. The number of likely N-dealkylation sites (N-methyl/N-ethyl adjacent to an activating group) is 1. The lowest BCUT2D eigenvalue weighted by molar-refractivity contribution is -0.143. The molecule has 2 aromatic rings. The van der Waals surface area contributed by atoms with Crippen molar-refractivity contribution in [2.24, 2.45) is 7.05 Å². The number of carbonyl (C=O) groups is 2. The van der Waals surface area contributed by atoms with E-state index in [1.807, 2.05) is 35.9 Å². The molecule has 0 aliphatic carbocycles. The Morgan fingerprint density at radius 3 is 2.84 bits per heavy atom. The number of carbonyl (C=O) groups excluding carboxylic acids is 2. The Morgan fingerprint density at radius 1 is 1.36 bits per heavy atom. The lowest BCUT2D eigenvalue weighted by Crippen LogP contribution is -2.45. The average molecular weight is 344 g/mol. The molecule has 2 amide bonds. The first-order chi connectivity index (χ1) is 12.0. The highest BCUT2D eigenvalue weighted by Crippen LogP contribution is 2.21. The highest BCUT2D eigenvalue weighted by Gasteiger charge is 2.29. The van der Waals surface area contributed by atoms with Gasteiger partial charge >= 0.3 is 0 Å². The van der Waals surface area contributed by atoms with Crippen molar-refractivity contribution in [1.29, 1.82) is 0 Å². The van der Waals surface area contributed by atoms with E-state index in [1.54, 1.807) is 19.1 Å². The van der Waals surface area contributed by atoms with Crippen molar-refractivity contribution in [3.8, 4) is 0 Å². The van der Waals surface area contributed by atoms with Crippen LogP contribution in [0, 0.1) is 0 Å². The first-order valence-corrected chi connectivity index (χ1v) is 8.52. The molecule has 25 heavy (non-hydrogen) atoms. The van der Waals surface area contributed by atoms with E-state index < -0.39 is 6.10 Å². The van der Waals surface area contributed by atoms with Gasteiger partial charge in [-0.2, -0.15) is 0 Å². The van der Waals surface area contributed by atoms with Crippen LogP contribution in [0.1, 0.15) is 19.3 Å². The number of imidazole rings is 1. The van der Waals surface area contributed by atoms with Crippen molar-refractivity contribution in [1.82, 2.24) is 14.5 Å². The van der Waals surface area contributed by atoms with Crippen molar-refractivity contribution < 1.29 is 14.3 Å². The second kappa shape index (κ2) is 7.23. The smallest absolute Gasteiger partial charge is 0.252 e. The number of hydrogen-bond acceptors (Lipinski definition) is 4. The van der Waals surface area contributed by atoms with E-state index >= 15 is 0 Å². The lowest BCUT2D eigenvalue weighted by Gasteiger charge is -2.25. The van der Waals surface area contributed by atoms with Crippen LogP contribution in [0.2, 0.25) is 0 Å². The summed E-state index contributed by atoms with van der Waals surface area (Å²) in [4.78, 5) is 32.9. The number of anilines is 1. The third-order valence-electron chi connectivity index (χ3n) is 4.78. The van der Waals surface area contributed by atoms with Gasteiger partial charge in [-0.25, -0.2) is 4.98 Å². The summed E-state index contributed by atoms with van der Waals surface area (Å²) >= 11 is 0. The minimum atomic E-state index is -0.448. The van der Waals surface area contributed by atoms with Crippen molar-refractivity contribution in [2.45, 2.75) is 25.4 Å². The zero-order valence-corrected chi connectivity index (χ0v) is 14.9. The number of hydrogen-bond donors (Lipinski definition) is 0. The summed E-state index contributed by atoms with van der Waals surface area (Å²) in [6, 6.07) is 7.74. The van der Waals surface area contributed by atoms with E-state index in [9.17, 15) is 9.59 Å². The number of benzene rings is 1. The molecule has 7 nitrogen and oxygen atoms in total. The van der Waals surface area contributed by atoms with Crippen LogP contribution in [-0.2, 0) is 21.4 Å². The monoisotopic (exact) mass is 344 g/mol. The summed E-state index contributed by atoms with van der Waals surface area (Å²) in [5.41, 5.74) is 1.80. The quantitative estimate of drug-likeness (QED) is 0.844. The molecule has 1 fully saturated rings. The predicted octanol–water partition coefficient (Wildman–Crippen LogP) is 1.56. The topological polar surface area (TPSA) is 67.7 Å². The van der Waals surface area contributed by atoms with Gasteiger partial charge in [0.05, 0.1) is 11.0 Å². The van der Waals surface area contributed by atoms with Gasteiger partial charge in [0.25, 0.3) is 5.91 Å². The van der Waals surface area contributed by atoms with Gasteiger partial charge < -0.3 is 14.2 Å². The number of methoxy groups -OCH3 is 1. The summed E-state index contributed by atoms with van der Waals surface area (Å²) in [5.74, 6) is 0.298. The Morgan fingerprint density at radius 2 is 2.12 bits per heavy atom. The summed E-state index contributed by atoms with van der Waals surface area (Å²) in [6.45, 7) is 0.624. The van der Waals surface area contributed by atoms with Crippen molar-refractivity contribution in [3.05, 3.63) is 24.3 Å². The number of nitrogens with zero attached hydrogens (tertiary/aromatic N) is 4. The van der Waals surface area contributed by atoms with Gasteiger partial charge in [-0.15, -0.1) is 0 Å². The maximum Gasteiger partial charge on any atom is 0.252 e. The third kappa shape index (κ3) is 3.37. The molecule has 2 heterocycles. The van der Waals surface area contributed by atoms with E-state index in [4.69, 9.17) is 4.74 Å². The Bertz CT molecular complexity index is 786. The molecule has 0 saturated carbocycles. The largest absolute Gasteiger partial charge is 0.372 e. The molecule has 134 valence electrons. The molecule has 0 radical (unpaired) electrons. The predicted molar refractivity (Wildman–Crippen MR) is 95.4 cm³/mol. The summed E-state index contributed by atoms with van der Waals surface area (Å²) in [5, 5.41) is 0. The number of ether oxygens (including phenoxy) is 1. The van der Waals surface area contributed by atoms with E-state index in [2.05, 4.69) is 4.98 Å². The maximum absolute atomic E-state index is 12.7. The van der Waals surface area contributed by atoms with E-state index in [0.29, 0.717) is 18.9 Å². The third-order valence-corrected chi connectivity index (χ3v) is 4.78. The van der Waals surface area contributed by atoms with Gasteiger partial charge in [-0.05, 0) is 31.4 Å². The Hall–Kier alpha value is -2.41. The van der Waals surface area contributed by atoms with Crippen LogP contribution in [0.15, 0.2) is 24.3 Å². The van der Waals surface area contributed by atoms with Crippen LogP contribution < -0.4 is 4.90 Å². The molecule has 0 N–H and O–H groups in total. The van der Waals surface area contributed by atoms with E-state index in [-0.39, 0.29) is 18.4 Å². The standard InChI is InChI=1S/C18H24N4O3/c1-20-14-9-5-4-8-13(14)19-18(20)21(2)16(23)12-22-11-7-6-10-15(25-3)17(22)24/h4-5,8-9,15H,6-7,10-12H2,1-3H3. The second-order valence-corrected chi connectivity index (χ2v) is 6.39. The van der Waals surface area contributed by atoms with Gasteiger partial charge in [0.1, 0.15) is 12.6 Å². The Labute approximate surface area is 147 Å². The molecular weight excluding hydrogens is 320 g/mol. The van der Waals surface area contributed by atoms with Crippen molar-refractivity contribution >= 4 is 28.8 Å². The molecule has 1 aliphatic heterocycles. The first-order valence-electron chi connectivity index (χ1n) is 8.52. The van der Waals surface area contributed by atoms with E-state index in [0.717, 1.165) is 23.9 Å². The van der Waals surface area contributed by atoms with Gasteiger partial charge in [0.2, 0.25) is 11.9 Å². The molecule has 1 aromatic carbocycles. The summed E-state index contributed by atoms with van der Waals surface area (Å²) < 4.78 is 7.15. The SMILES string of the molecule is COC1CCCCN(CC(=O)N(C)c2nc3ccccc3n2C)C1=O. The number of rotatable bonds is 4. The number of fused-ring (bicyclic) bond motifs is 1. The average Bonchev–Trinajstić information content (AvgIpc) is 2.85. The zero-order chi connectivity index (χ0) is 18.0. The molecule has 1 atom stereocenters. The number of likely N-dealkylation sites (tertiary alicyclic amines) is 1. The highest BCUT2D eigenvalue weighted by atomic mass is 16.5. The van der Waals surface area contributed by atoms with Gasteiger partial charge in [0.15, 0.2) is 0 Å². The highest BCUT2D eigenvalue weighted by molar-refractivity contribution is 5.97. The van der Waals surface area contributed by atoms with Crippen LogP contribution in [-0.4, -0.2) is 59.6 Å². The van der Waals surface area contributed by atoms with Crippen molar-refractivity contribution in [3.63, 3.8) is 0 Å². The molecule has 1 saturated heterocycles. The lowest BCUT2D eigenvalue weighted by atomic mass is 10.2. The minimum absolute atomic E-state index is 0.0401. The molecular formula is C18H24N4O3. The molecule has 3 rings (SSSR count). The summed E-state index contributed by atoms with van der Waals surface area (Å²) in [6.07, 6.45) is 2.07. The number of aromatic nitrogens is 2. The minimum Gasteiger partial charge on any atom is -0.372 e. The van der Waals surface area contributed by atoms with Gasteiger partial charge in [-0.3, -0.25) is 14.5 Å². The van der Waals surface area contributed by atoms with Crippen LogP contribution in [0.3, 0.4) is 0 Å². The van der Waals surface area contributed by atoms with E-state index in [1.165, 1.54) is 4.90 Å². The first kappa shape index (κ1) is 17.4. The molecule has 1 unspecified atom stereocenters. The van der Waals surface area contributed by atoms with Gasteiger partial charge in [-0.1, -0.05) is 12.1 Å². The van der Waals surface area contributed by atoms with Gasteiger partial charge in [0, 0.05) is 27.7 Å². The molecule has 1 aliphatic rings. The fraction of sp³-hybridized carbons (Fsp3) is 0.500. The second-order valence-electron chi connectivity index (χ2n) is 6.39. The molecule has 1 aromatic heterocycles. The van der Waals surface area contributed by atoms with Crippen LogP contribution >= 0.6 is 0 Å². The Kier molecular flexibility index (Phi) is 5.03. The van der Waals surface area contributed by atoms with Crippen molar-refractivity contribution in [2.75, 3.05) is 32.1 Å². The van der Waals surface area contributed by atoms with Crippen LogP contribution in [0.4, 0.5) is 5.95 Å².